The maximum atomic E-state index is 12.6. The van der Waals surface area contributed by atoms with Crippen molar-refractivity contribution < 1.29 is 52.4 Å². The van der Waals surface area contributed by atoms with Gasteiger partial charge in [0.05, 0.1) is 27.4 Å². The van der Waals surface area contributed by atoms with Gasteiger partial charge in [-0.15, -0.1) is 11.3 Å². The molecule has 24 heteroatoms. The number of rotatable bonds is 19. The van der Waals surface area contributed by atoms with Crippen molar-refractivity contribution in [2.45, 2.75) is 63.1 Å². The molecular weight excluding hydrogens is 830 g/mol. The first-order chi connectivity index (χ1) is 28.0. The number of amides is 1. The fourth-order valence-corrected chi connectivity index (χ4v) is 8.55. The van der Waals surface area contributed by atoms with Crippen LogP contribution >= 0.6 is 27.0 Å². The van der Waals surface area contributed by atoms with Gasteiger partial charge >= 0.3 is 7.82 Å². The number of benzene rings is 2. The van der Waals surface area contributed by atoms with Gasteiger partial charge in [0.1, 0.15) is 38.7 Å². The van der Waals surface area contributed by atoms with E-state index in [1.54, 1.807) is 11.3 Å². The quantitative estimate of drug-likeness (QED) is 0.0267. The number of nitrogens with zero attached hydrogens (tertiary/aromatic N) is 7. The first kappa shape index (κ1) is 44.4. The average molecular weight is 879 g/mol. The molecule has 21 nitrogen and oxygen atoms in total. The number of hydrogen-bond donors (Lipinski definition) is 7. The number of imidazole rings is 1. The summed E-state index contributed by atoms with van der Waals surface area (Å²) in [5.41, 5.74) is 9.18. The predicted octanol–water partition coefficient (Wildman–Crippen LogP) is 1.37. The molecule has 1 fully saturated rings. The minimum Gasteiger partial charge on any atom is -0.756 e. The molecule has 1 saturated heterocycles. The molecule has 4 heterocycles. The Morgan fingerprint density at radius 1 is 1.07 bits per heavy atom. The van der Waals surface area contributed by atoms with Crippen molar-refractivity contribution in [1.29, 1.82) is 0 Å². The molecule has 1 unspecified atom stereocenters. The van der Waals surface area contributed by atoms with Crippen molar-refractivity contribution >= 4 is 71.7 Å². The zero-order chi connectivity index (χ0) is 42.5. The monoisotopic (exact) mass is 878 g/mol. The van der Waals surface area contributed by atoms with Gasteiger partial charge in [-0.25, -0.2) is 29.1 Å². The number of phosphoric acid groups is 2. The maximum Gasteiger partial charge on any atom is 0.470 e. The molecule has 0 saturated carbocycles. The maximum absolute atomic E-state index is 12.6. The summed E-state index contributed by atoms with van der Waals surface area (Å²) >= 11 is 1.71. The molecule has 0 bridgehead atoms. The minimum absolute atomic E-state index is 0.0121. The van der Waals surface area contributed by atoms with Crippen LogP contribution in [0.1, 0.15) is 44.8 Å². The van der Waals surface area contributed by atoms with Crippen molar-refractivity contribution in [3.8, 4) is 10.6 Å². The number of carbonyl (C=O) groups is 1. The van der Waals surface area contributed by atoms with Crippen LogP contribution in [-0.2, 0) is 27.7 Å². The number of nitrogen functional groups attached to an aromatic ring is 1. The summed E-state index contributed by atoms with van der Waals surface area (Å²) in [7, 11) is -4.41. The Hall–Kier alpha value is -4.18. The van der Waals surface area contributed by atoms with E-state index < -0.39 is 46.8 Å². The van der Waals surface area contributed by atoms with Gasteiger partial charge < -0.3 is 55.2 Å². The van der Waals surface area contributed by atoms with Gasteiger partial charge in [0.25, 0.3) is 7.82 Å². The zero-order valence-electron chi connectivity index (χ0n) is 32.6. The largest absolute Gasteiger partial charge is 0.756 e. The predicted molar refractivity (Wildman–Crippen MR) is 218 cm³/mol. The number of hydrogen-bond acceptors (Lipinski definition) is 16. The van der Waals surface area contributed by atoms with Crippen molar-refractivity contribution in [2.24, 2.45) is 0 Å². The van der Waals surface area contributed by atoms with Crippen LogP contribution < -0.4 is 36.1 Å². The summed E-state index contributed by atoms with van der Waals surface area (Å²) < 4.78 is 42.5. The van der Waals surface area contributed by atoms with Gasteiger partial charge in [0.15, 0.2) is 23.2 Å². The minimum atomic E-state index is -5.23. The Balaban J connectivity index is 0.952. The summed E-state index contributed by atoms with van der Waals surface area (Å²) in [6.45, 7) is 0.726. The standard InChI is InChI=1S/C35H48N10O11P2S/c1-43(2)21-10-12-23-26(17-21)59-27-18-22(11-13-24(27)41-23)44(3)16-8-9-28(46)37-14-6-4-5-7-15-38-35-42-29-32(36)39-20-40-33(29)45(35)34-31(56-58(51,52)53)30(47)25(55-34)19-54-57(48,49)50/h10-13,17-18,20,25,30-31,34,36,41,47H,4-9,14-16,19H2,1-3H3,(H5,37,46,48,49,50,51,52,53)/t25-,30-,31-,34-/m1/s1. The van der Waals surface area contributed by atoms with Crippen molar-refractivity contribution in [3.05, 3.63) is 48.1 Å². The van der Waals surface area contributed by atoms with Crippen LogP contribution in [0.4, 0.5) is 17.5 Å². The van der Waals surface area contributed by atoms with Crippen molar-refractivity contribution in [1.82, 2.24) is 34.4 Å². The van der Waals surface area contributed by atoms with Crippen LogP contribution in [0.5, 0.6) is 0 Å². The molecule has 2 aromatic heterocycles. The van der Waals surface area contributed by atoms with Gasteiger partial charge in [-0.2, -0.15) is 0 Å². The SMILES string of the molecule is CN(CCCC(=O)NCCCCCCNc1nc2c(N)ncnc2n1[C@@H]1O[C@H](COP(=O)([O-])O)[C@@H](O)[C@H]1OP(=O)(O)O)c1ccc2nc3ccc(=[N+](C)C)cc-3sc2c1. The first-order valence-corrected chi connectivity index (χ1v) is 22.6. The van der Waals surface area contributed by atoms with Gasteiger partial charge in [-0.1, -0.05) is 12.8 Å². The summed E-state index contributed by atoms with van der Waals surface area (Å²) in [4.78, 5) is 72.6. The molecule has 5 atom stereocenters. The molecule has 0 spiro atoms. The number of nitrogens with two attached hydrogens (primary N) is 1. The van der Waals surface area contributed by atoms with Crippen LogP contribution in [-0.4, -0.2) is 116 Å². The fraction of sp³-hybridized carbons (Fsp3) is 0.486. The van der Waals surface area contributed by atoms with Crippen LogP contribution in [0.2, 0.25) is 0 Å². The fourth-order valence-electron chi connectivity index (χ4n) is 6.64. The molecule has 3 aliphatic rings. The highest BCUT2D eigenvalue weighted by atomic mass is 32.1. The summed E-state index contributed by atoms with van der Waals surface area (Å²) in [5.74, 6) is 0.0626. The lowest BCUT2D eigenvalue weighted by molar-refractivity contribution is -0.222. The number of ether oxygens (including phenoxy) is 1. The lowest BCUT2D eigenvalue weighted by Crippen LogP contribution is -2.35. The van der Waals surface area contributed by atoms with E-state index in [1.807, 2.05) is 33.3 Å². The smallest absolute Gasteiger partial charge is 0.470 e. The molecule has 320 valence electrons. The number of nitrogens with one attached hydrogen (secondary N) is 2. The van der Waals surface area contributed by atoms with Crippen LogP contribution in [0.25, 0.3) is 32.0 Å². The van der Waals surface area contributed by atoms with E-state index in [0.717, 1.165) is 57.4 Å². The lowest BCUT2D eigenvalue weighted by Gasteiger charge is -2.23. The third-order valence-corrected chi connectivity index (χ3v) is 11.7. The Labute approximate surface area is 342 Å². The molecule has 0 radical (unpaired) electrons. The normalized spacial score (nSPS) is 19.3. The van der Waals surface area contributed by atoms with Crippen LogP contribution in [0.15, 0.2) is 42.7 Å². The van der Waals surface area contributed by atoms with E-state index >= 15 is 0 Å². The molecule has 1 aromatic carbocycles. The lowest BCUT2D eigenvalue weighted by atomic mass is 10.1. The molecule has 59 heavy (non-hydrogen) atoms. The number of carbonyl (C=O) groups excluding carboxylic acids is 1. The molecule has 3 aromatic rings. The van der Waals surface area contributed by atoms with E-state index in [1.165, 1.54) is 4.57 Å². The molecule has 1 aliphatic carbocycles. The highest BCUT2D eigenvalue weighted by Gasteiger charge is 2.50. The summed E-state index contributed by atoms with van der Waals surface area (Å²) in [6.07, 6.45) is -1.37. The zero-order valence-corrected chi connectivity index (χ0v) is 35.2. The van der Waals surface area contributed by atoms with Gasteiger partial charge in [-0.3, -0.25) is 18.5 Å². The summed E-state index contributed by atoms with van der Waals surface area (Å²) in [5, 5.41) is 18.1. The number of aliphatic hydroxyl groups excluding tert-OH is 1. The third kappa shape index (κ3) is 11.6. The Bertz CT molecular complexity index is 2400. The average Bonchev–Trinajstić information content (AvgIpc) is 3.69. The number of phosphoric ester groups is 2. The number of aromatic nitrogens is 5. The Morgan fingerprint density at radius 2 is 1.83 bits per heavy atom. The molecule has 1 amide bonds. The second-order valence-corrected chi connectivity index (χ2v) is 17.7. The van der Waals surface area contributed by atoms with Crippen molar-refractivity contribution in [2.75, 3.05) is 63.3 Å². The number of aliphatic hydroxyl groups is 1. The number of fused-ring (bicyclic) bond motifs is 3. The molecule has 2 aliphatic heterocycles. The highest BCUT2D eigenvalue weighted by Crippen LogP contribution is 2.47. The Morgan fingerprint density at radius 3 is 2.56 bits per heavy atom. The second kappa shape index (κ2) is 19.0. The van der Waals surface area contributed by atoms with Gasteiger partial charge in [0.2, 0.25) is 17.2 Å². The number of unbranched alkanes of at least 4 members (excludes halogenated alkanes) is 3. The molecule has 8 N–H and O–H groups in total. The topological polar surface area (TPSA) is 296 Å². The van der Waals surface area contributed by atoms with Crippen molar-refractivity contribution in [3.63, 3.8) is 0 Å². The van der Waals surface area contributed by atoms with Gasteiger partial charge in [0, 0.05) is 50.9 Å². The Kier molecular flexibility index (Phi) is 14.3. The highest BCUT2D eigenvalue weighted by molar-refractivity contribution is 7.46. The number of anilines is 3. The van der Waals surface area contributed by atoms with Crippen LogP contribution in [0.3, 0.4) is 0 Å². The van der Waals surface area contributed by atoms with E-state index in [0.29, 0.717) is 38.9 Å². The van der Waals surface area contributed by atoms with E-state index in [-0.39, 0.29) is 28.8 Å². The van der Waals surface area contributed by atoms with Crippen LogP contribution in [0, 0.1) is 0 Å². The second-order valence-electron chi connectivity index (χ2n) is 14.2. The van der Waals surface area contributed by atoms with E-state index in [2.05, 4.69) is 63.9 Å². The van der Waals surface area contributed by atoms with Gasteiger partial charge in [-0.05, 0) is 43.5 Å². The van der Waals surface area contributed by atoms with E-state index in [4.69, 9.17) is 24.9 Å². The van der Waals surface area contributed by atoms with E-state index in [9.17, 15) is 33.7 Å². The first-order valence-electron chi connectivity index (χ1n) is 18.8. The molecular formula is C35H48N10O11P2S. The summed E-state index contributed by atoms with van der Waals surface area (Å²) in [6, 6.07) is 12.5. The molecule has 6 rings (SSSR count). The third-order valence-electron chi connectivity index (χ3n) is 9.64.